The van der Waals surface area contributed by atoms with Crippen molar-refractivity contribution < 1.29 is 9.53 Å². The van der Waals surface area contributed by atoms with Crippen LogP contribution in [0.4, 0.5) is 0 Å². The molecule has 1 aromatic heterocycles. The lowest BCUT2D eigenvalue weighted by Gasteiger charge is -2.09. The Bertz CT molecular complexity index is 480. The molecule has 0 unspecified atom stereocenters. The summed E-state index contributed by atoms with van der Waals surface area (Å²) in [6.45, 7) is 1.14. The number of aromatic nitrogens is 2. The Hall–Kier alpha value is -0.940. The van der Waals surface area contributed by atoms with Crippen LogP contribution in [0.1, 0.15) is 42.6 Å². The van der Waals surface area contributed by atoms with Gasteiger partial charge in [-0.25, -0.2) is 0 Å². The Morgan fingerprint density at radius 2 is 2.32 bits per heavy atom. The lowest BCUT2D eigenvalue weighted by atomic mass is 10.0. The third-order valence-corrected chi connectivity index (χ3v) is 3.93. The zero-order valence-corrected chi connectivity index (χ0v) is 12.8. The summed E-state index contributed by atoms with van der Waals surface area (Å²) in [5, 5.41) is 4.23. The fourth-order valence-electron chi connectivity index (χ4n) is 2.31. The molecule has 19 heavy (non-hydrogen) atoms. The van der Waals surface area contributed by atoms with E-state index in [2.05, 4.69) is 27.1 Å². The first-order valence-corrected chi connectivity index (χ1v) is 7.47. The summed E-state index contributed by atoms with van der Waals surface area (Å²) in [7, 11) is 1.65. The minimum Gasteiger partial charge on any atom is -0.383 e. The molecule has 0 saturated carbocycles. The van der Waals surface area contributed by atoms with Crippen molar-refractivity contribution in [2.24, 2.45) is 0 Å². The lowest BCUT2D eigenvalue weighted by Crippen LogP contribution is -2.15. The number of allylic oxidation sites excluding steroid dienone is 2. The van der Waals surface area contributed by atoms with Crippen molar-refractivity contribution in [2.45, 2.75) is 38.6 Å². The second kappa shape index (κ2) is 7.01. The number of hydrogen-bond acceptors (Lipinski definition) is 3. The highest BCUT2D eigenvalue weighted by molar-refractivity contribution is 9.10. The summed E-state index contributed by atoms with van der Waals surface area (Å²) >= 11 is 3.42. The zero-order chi connectivity index (χ0) is 13.7. The van der Waals surface area contributed by atoms with Crippen LogP contribution in [0.3, 0.4) is 0 Å². The minimum atomic E-state index is 0.0994. The van der Waals surface area contributed by atoms with E-state index in [1.807, 2.05) is 0 Å². The highest BCUT2D eigenvalue weighted by Gasteiger charge is 2.21. The number of halogens is 1. The molecule has 5 heteroatoms. The van der Waals surface area contributed by atoms with E-state index < -0.39 is 0 Å². The molecular weight excluding hydrogens is 308 g/mol. The molecule has 0 aromatic carbocycles. The van der Waals surface area contributed by atoms with Crippen LogP contribution in [-0.2, 0) is 11.3 Å². The van der Waals surface area contributed by atoms with E-state index in [0.29, 0.717) is 18.8 Å². The van der Waals surface area contributed by atoms with Gasteiger partial charge in [0.2, 0.25) is 5.78 Å². The van der Waals surface area contributed by atoms with E-state index in [9.17, 15) is 4.79 Å². The van der Waals surface area contributed by atoms with Gasteiger partial charge in [0.25, 0.3) is 0 Å². The van der Waals surface area contributed by atoms with Crippen LogP contribution >= 0.6 is 15.9 Å². The summed E-state index contributed by atoms with van der Waals surface area (Å²) in [6.07, 6.45) is 9.14. The zero-order valence-electron chi connectivity index (χ0n) is 11.2. The smallest absolute Gasteiger partial charge is 0.207 e. The first kappa shape index (κ1) is 14.5. The molecule has 1 aromatic rings. The van der Waals surface area contributed by atoms with Crippen molar-refractivity contribution in [2.75, 3.05) is 13.7 Å². The van der Waals surface area contributed by atoms with Gasteiger partial charge in [0, 0.05) is 7.11 Å². The number of rotatable bonds is 5. The fourth-order valence-corrected chi connectivity index (χ4v) is 2.79. The van der Waals surface area contributed by atoms with Crippen molar-refractivity contribution in [3.63, 3.8) is 0 Å². The fraction of sp³-hybridized carbons (Fsp3) is 0.571. The molecule has 1 aliphatic rings. The predicted molar refractivity (Wildman–Crippen MR) is 77.3 cm³/mol. The summed E-state index contributed by atoms with van der Waals surface area (Å²) in [5.74, 6) is 0.0994. The second-order valence-electron chi connectivity index (χ2n) is 4.71. The number of nitrogens with zero attached hydrogens (tertiary/aromatic N) is 2. The molecule has 104 valence electrons. The molecule has 0 saturated heterocycles. The van der Waals surface area contributed by atoms with Gasteiger partial charge < -0.3 is 4.74 Å². The van der Waals surface area contributed by atoms with Gasteiger partial charge in [-0.2, -0.15) is 5.10 Å². The van der Waals surface area contributed by atoms with Gasteiger partial charge in [0.15, 0.2) is 0 Å². The van der Waals surface area contributed by atoms with Crippen molar-refractivity contribution in [3.05, 3.63) is 28.0 Å². The topological polar surface area (TPSA) is 44.1 Å². The number of Topliss-reactive ketones (excluding diaryl/α,β-unsaturated/α-hetero) is 1. The van der Waals surface area contributed by atoms with Gasteiger partial charge in [0.05, 0.1) is 23.8 Å². The SMILES string of the molecule is COCCn1ncc(Br)c1C(=O)C1=CCCCCC1. The number of carbonyl (C=O) groups excluding carboxylic acids is 1. The molecule has 0 bridgehead atoms. The molecule has 1 heterocycles. The predicted octanol–water partition coefficient (Wildman–Crippen LogP) is 3.37. The van der Waals surface area contributed by atoms with Crippen LogP contribution < -0.4 is 0 Å². The maximum absolute atomic E-state index is 12.6. The lowest BCUT2D eigenvalue weighted by molar-refractivity contribution is 0.101. The normalized spacial score (nSPS) is 16.0. The van der Waals surface area contributed by atoms with Gasteiger partial charge in [-0.05, 0) is 47.2 Å². The Balaban J connectivity index is 2.22. The van der Waals surface area contributed by atoms with E-state index in [-0.39, 0.29) is 5.78 Å². The van der Waals surface area contributed by atoms with Crippen LogP contribution in [0.15, 0.2) is 22.3 Å². The quantitative estimate of drug-likeness (QED) is 0.779. The highest BCUT2D eigenvalue weighted by Crippen LogP contribution is 2.25. The monoisotopic (exact) mass is 326 g/mol. The van der Waals surface area contributed by atoms with Gasteiger partial charge in [-0.1, -0.05) is 12.5 Å². The average molecular weight is 327 g/mol. The van der Waals surface area contributed by atoms with E-state index in [1.54, 1.807) is 18.0 Å². The standard InChI is InChI=1S/C14H19BrN2O2/c1-19-9-8-17-13(12(15)10-16-17)14(18)11-6-4-2-3-5-7-11/h6,10H,2-5,7-9H2,1H3. The molecule has 0 N–H and O–H groups in total. The van der Waals surface area contributed by atoms with Crippen LogP contribution in [0, 0.1) is 0 Å². The molecule has 1 aliphatic carbocycles. The Kier molecular flexibility index (Phi) is 5.34. The van der Waals surface area contributed by atoms with Gasteiger partial charge in [-0.3, -0.25) is 9.48 Å². The number of hydrogen-bond donors (Lipinski definition) is 0. The second-order valence-corrected chi connectivity index (χ2v) is 5.57. The van der Waals surface area contributed by atoms with Crippen LogP contribution in [0.25, 0.3) is 0 Å². The summed E-state index contributed by atoms with van der Waals surface area (Å²) < 4.78 is 7.54. The van der Waals surface area contributed by atoms with E-state index in [4.69, 9.17) is 4.74 Å². The summed E-state index contributed by atoms with van der Waals surface area (Å²) in [5.41, 5.74) is 1.57. The van der Waals surface area contributed by atoms with E-state index in [0.717, 1.165) is 29.3 Å². The molecule has 0 fully saturated rings. The number of methoxy groups -OCH3 is 1. The Morgan fingerprint density at radius 3 is 3.11 bits per heavy atom. The highest BCUT2D eigenvalue weighted by atomic mass is 79.9. The number of carbonyl (C=O) groups is 1. The molecule has 0 aliphatic heterocycles. The number of ketones is 1. The van der Waals surface area contributed by atoms with E-state index >= 15 is 0 Å². The van der Waals surface area contributed by atoms with Crippen LogP contribution in [0.2, 0.25) is 0 Å². The maximum Gasteiger partial charge on any atom is 0.207 e. The average Bonchev–Trinajstić information content (AvgIpc) is 2.64. The molecule has 0 atom stereocenters. The molecule has 0 amide bonds. The van der Waals surface area contributed by atoms with Gasteiger partial charge in [-0.15, -0.1) is 0 Å². The first-order valence-electron chi connectivity index (χ1n) is 6.68. The molecule has 4 nitrogen and oxygen atoms in total. The third kappa shape index (κ3) is 3.54. The first-order chi connectivity index (χ1) is 9.24. The summed E-state index contributed by atoms with van der Waals surface area (Å²) in [4.78, 5) is 12.6. The van der Waals surface area contributed by atoms with Gasteiger partial charge >= 0.3 is 0 Å². The Labute approximate surface area is 122 Å². The van der Waals surface area contributed by atoms with E-state index in [1.165, 1.54) is 12.8 Å². The summed E-state index contributed by atoms with van der Waals surface area (Å²) in [6, 6.07) is 0. The van der Waals surface area contributed by atoms with Crippen molar-refractivity contribution in [3.8, 4) is 0 Å². The maximum atomic E-state index is 12.6. The molecule has 2 rings (SSSR count). The molecular formula is C14H19BrN2O2. The molecule has 0 radical (unpaired) electrons. The largest absolute Gasteiger partial charge is 0.383 e. The van der Waals surface area contributed by atoms with Crippen molar-refractivity contribution in [1.29, 1.82) is 0 Å². The Morgan fingerprint density at radius 1 is 1.47 bits per heavy atom. The minimum absolute atomic E-state index is 0.0994. The van der Waals surface area contributed by atoms with Crippen molar-refractivity contribution >= 4 is 21.7 Å². The van der Waals surface area contributed by atoms with Gasteiger partial charge in [0.1, 0.15) is 5.69 Å². The number of ether oxygens (including phenoxy) is 1. The van der Waals surface area contributed by atoms with Crippen LogP contribution in [-0.4, -0.2) is 29.3 Å². The van der Waals surface area contributed by atoms with Crippen LogP contribution in [0.5, 0.6) is 0 Å². The molecule has 0 spiro atoms. The third-order valence-electron chi connectivity index (χ3n) is 3.35. The van der Waals surface area contributed by atoms with Crippen molar-refractivity contribution in [1.82, 2.24) is 9.78 Å².